The summed E-state index contributed by atoms with van der Waals surface area (Å²) < 4.78 is 0. The molecule has 0 fully saturated rings. The van der Waals surface area contributed by atoms with Crippen molar-refractivity contribution in [2.45, 2.75) is 0 Å². The fourth-order valence-electron chi connectivity index (χ4n) is 8.18. The molecule has 0 saturated carbocycles. The minimum atomic E-state index is -0.608. The van der Waals surface area contributed by atoms with Crippen molar-refractivity contribution in [1.29, 1.82) is 0 Å². The van der Waals surface area contributed by atoms with Crippen LogP contribution in [-0.4, -0.2) is 33.8 Å². The van der Waals surface area contributed by atoms with Gasteiger partial charge in [0.05, 0.1) is 21.2 Å². The fraction of sp³-hybridized carbons (Fsp3) is 0. The summed E-state index contributed by atoms with van der Waals surface area (Å²) in [6, 6.07) is 58.4. The zero-order valence-electron chi connectivity index (χ0n) is 39.7. The molecule has 0 saturated heterocycles. The quantitative estimate of drug-likeness (QED) is 0.0619. The summed E-state index contributed by atoms with van der Waals surface area (Å²) in [7, 11) is 0. The van der Waals surface area contributed by atoms with Crippen LogP contribution >= 0.6 is 23.2 Å². The summed E-state index contributed by atoms with van der Waals surface area (Å²) in [5.74, 6) is -2.63. The molecule has 0 unspecified atom stereocenters. The zero-order chi connectivity index (χ0) is 52.7. The van der Waals surface area contributed by atoms with E-state index in [0.717, 1.165) is 0 Å². The third-order valence-electron chi connectivity index (χ3n) is 12.1. The lowest BCUT2D eigenvalue weighted by atomic mass is 10.0. The van der Waals surface area contributed by atoms with Gasteiger partial charge in [0, 0.05) is 44.6 Å². The third-order valence-corrected chi connectivity index (χ3v) is 12.7. The molecule has 0 heterocycles. The van der Waals surface area contributed by atoms with Crippen LogP contribution in [0.25, 0.3) is 32.7 Å². The first-order valence-electron chi connectivity index (χ1n) is 23.4. The molecule has 370 valence electrons. The summed E-state index contributed by atoms with van der Waals surface area (Å²) in [6.07, 6.45) is 0. The van der Waals surface area contributed by atoms with Gasteiger partial charge in [-0.2, -0.15) is 0 Å². The van der Waals surface area contributed by atoms with Crippen molar-refractivity contribution in [3.63, 3.8) is 0 Å². The van der Waals surface area contributed by atoms with Crippen LogP contribution in [0.1, 0.15) is 41.4 Å². The van der Waals surface area contributed by atoms with E-state index < -0.39 is 23.3 Å². The van der Waals surface area contributed by atoms with Crippen LogP contribution in [0.2, 0.25) is 10.0 Å². The highest BCUT2D eigenvalue weighted by molar-refractivity contribution is 6.34. The number of carbonyl (C=O) groups is 4. The Morgan fingerprint density at radius 3 is 1.08 bits per heavy atom. The van der Waals surface area contributed by atoms with Crippen LogP contribution in [0.15, 0.2) is 227 Å². The number of nitrogens with zero attached hydrogens (tertiary/aromatic N) is 4. The molecule has 0 bridgehead atoms. The average molecular weight is 1040 g/mol. The van der Waals surface area contributed by atoms with Crippen LogP contribution in [0, 0.1) is 0 Å². The Hall–Kier alpha value is -10.0. The number of benzene rings is 10. The standard InChI is InChI=1S/C60H40Cl2N8O6/c61-49-33-37(23-29-51(49)67-69-53-45-17-9-7-11-39(45)31-47(55(53)71)59(75)65-43-25-19-35(20-26-43)57(73)63-41-13-3-1-4-14-41)38-24-30-52(50(62)34-38)68-70-54-46-18-10-8-12-40(46)32-48(56(54)72)60(76)66-44-27-21-36(22-28-44)58(74)64-42-15-5-2-6-16-42/h1-34,71-72H,(H,63,73)(H,64,74)(H,65,75)(H,66,76). The topological polar surface area (TPSA) is 206 Å². The number of phenols is 2. The number of para-hydroxylation sites is 2. The highest BCUT2D eigenvalue weighted by Crippen LogP contribution is 2.43. The van der Waals surface area contributed by atoms with E-state index in [2.05, 4.69) is 41.7 Å². The molecule has 0 aliphatic carbocycles. The van der Waals surface area contributed by atoms with Crippen molar-refractivity contribution in [1.82, 2.24) is 0 Å². The van der Waals surface area contributed by atoms with Crippen molar-refractivity contribution in [3.05, 3.63) is 239 Å². The summed E-state index contributed by atoms with van der Waals surface area (Å²) in [5.41, 5.74) is 4.81. The predicted molar refractivity (Wildman–Crippen MR) is 299 cm³/mol. The molecule has 6 N–H and O–H groups in total. The first-order valence-corrected chi connectivity index (χ1v) is 24.2. The van der Waals surface area contributed by atoms with Gasteiger partial charge < -0.3 is 31.5 Å². The monoisotopic (exact) mass is 1040 g/mol. The molecule has 0 aliphatic rings. The van der Waals surface area contributed by atoms with Gasteiger partial charge in [-0.25, -0.2) is 0 Å². The molecule has 10 aromatic carbocycles. The molecule has 0 aliphatic heterocycles. The number of azo groups is 2. The lowest BCUT2D eigenvalue weighted by molar-refractivity contribution is 0.101. The van der Waals surface area contributed by atoms with Gasteiger partial charge in [0.2, 0.25) is 0 Å². The Balaban J connectivity index is 0.834. The second kappa shape index (κ2) is 22.0. The largest absolute Gasteiger partial charge is 0.505 e. The minimum Gasteiger partial charge on any atom is -0.505 e. The second-order valence-electron chi connectivity index (χ2n) is 17.1. The second-order valence-corrected chi connectivity index (χ2v) is 17.9. The Kier molecular flexibility index (Phi) is 14.3. The summed E-state index contributed by atoms with van der Waals surface area (Å²) in [6.45, 7) is 0. The maximum absolute atomic E-state index is 13.6. The molecule has 16 heteroatoms. The van der Waals surface area contributed by atoms with Gasteiger partial charge in [0.25, 0.3) is 23.6 Å². The molecule has 76 heavy (non-hydrogen) atoms. The third kappa shape index (κ3) is 11.0. The highest BCUT2D eigenvalue weighted by Gasteiger charge is 2.21. The van der Waals surface area contributed by atoms with E-state index in [1.165, 1.54) is 0 Å². The normalized spacial score (nSPS) is 11.2. The van der Waals surface area contributed by atoms with E-state index in [1.54, 1.807) is 170 Å². The molecule has 10 aromatic rings. The molecule has 14 nitrogen and oxygen atoms in total. The summed E-state index contributed by atoms with van der Waals surface area (Å²) in [5, 5.41) is 54.6. The number of hydrogen-bond acceptors (Lipinski definition) is 10. The minimum absolute atomic E-state index is 0.0478. The molecule has 0 atom stereocenters. The summed E-state index contributed by atoms with van der Waals surface area (Å²) in [4.78, 5) is 52.8. The Morgan fingerprint density at radius 2 is 0.697 bits per heavy atom. The number of amides is 4. The van der Waals surface area contributed by atoms with Crippen molar-refractivity contribution in [2.75, 3.05) is 21.3 Å². The summed E-state index contributed by atoms with van der Waals surface area (Å²) >= 11 is 13.6. The van der Waals surface area contributed by atoms with Crippen LogP contribution < -0.4 is 21.3 Å². The van der Waals surface area contributed by atoms with Gasteiger partial charge in [-0.1, -0.05) is 120 Å². The van der Waals surface area contributed by atoms with Crippen molar-refractivity contribution in [3.8, 4) is 22.6 Å². The SMILES string of the molecule is O=C(Nc1ccccc1)c1ccc(NC(=O)c2cc3ccccc3c(N=Nc3ccc(-c4ccc(N=Nc5c(O)c(C(=O)Nc6ccc(C(=O)Nc7ccccc7)cc6)cc6ccccc56)c(Cl)c4)cc3Cl)c2O)cc1. The Morgan fingerprint density at radius 1 is 0.355 bits per heavy atom. The number of aromatic hydroxyl groups is 2. The van der Waals surface area contributed by atoms with Gasteiger partial charge >= 0.3 is 0 Å². The van der Waals surface area contributed by atoms with Crippen molar-refractivity contribution >= 4 is 114 Å². The van der Waals surface area contributed by atoms with E-state index >= 15 is 0 Å². The molecule has 10 rings (SSSR count). The average Bonchev–Trinajstić information content (AvgIpc) is 3.46. The number of rotatable bonds is 13. The Labute approximate surface area is 444 Å². The molecule has 0 spiro atoms. The first kappa shape index (κ1) is 49.6. The van der Waals surface area contributed by atoms with Gasteiger partial charge in [0.1, 0.15) is 22.7 Å². The molecular weight excluding hydrogens is 1000 g/mol. The number of phenolic OH excluding ortho intramolecular Hbond substituents is 2. The maximum atomic E-state index is 13.6. The number of nitrogens with one attached hydrogen (secondary N) is 4. The van der Waals surface area contributed by atoms with Crippen LogP contribution in [-0.2, 0) is 0 Å². The van der Waals surface area contributed by atoms with E-state index in [0.29, 0.717) is 66.5 Å². The van der Waals surface area contributed by atoms with Gasteiger partial charge in [-0.05, 0) is 131 Å². The van der Waals surface area contributed by atoms with Crippen LogP contribution in [0.5, 0.6) is 11.5 Å². The lowest BCUT2D eigenvalue weighted by Crippen LogP contribution is -2.14. The molecule has 0 aromatic heterocycles. The smallest absolute Gasteiger partial charge is 0.259 e. The number of halogens is 2. The van der Waals surface area contributed by atoms with Crippen LogP contribution in [0.3, 0.4) is 0 Å². The van der Waals surface area contributed by atoms with E-state index in [9.17, 15) is 29.4 Å². The van der Waals surface area contributed by atoms with Gasteiger partial charge in [0.15, 0.2) is 11.5 Å². The number of hydrogen-bond donors (Lipinski definition) is 6. The zero-order valence-corrected chi connectivity index (χ0v) is 41.2. The number of carbonyl (C=O) groups excluding carboxylic acids is 4. The maximum Gasteiger partial charge on any atom is 0.259 e. The van der Waals surface area contributed by atoms with Crippen molar-refractivity contribution in [2.24, 2.45) is 20.5 Å². The lowest BCUT2D eigenvalue weighted by Gasteiger charge is -2.12. The van der Waals surface area contributed by atoms with Gasteiger partial charge in [-0.3, -0.25) is 19.2 Å². The van der Waals surface area contributed by atoms with Crippen LogP contribution in [0.4, 0.5) is 45.5 Å². The first-order chi connectivity index (χ1) is 36.9. The van der Waals surface area contributed by atoms with Gasteiger partial charge in [-0.15, -0.1) is 20.5 Å². The highest BCUT2D eigenvalue weighted by atomic mass is 35.5. The predicted octanol–water partition coefficient (Wildman–Crippen LogP) is 16.2. The molecule has 0 radical (unpaired) electrons. The van der Waals surface area contributed by atoms with Crippen molar-refractivity contribution < 1.29 is 29.4 Å². The number of anilines is 4. The molecule has 4 amide bonds. The van der Waals surface area contributed by atoms with E-state index in [4.69, 9.17) is 23.2 Å². The van der Waals surface area contributed by atoms with E-state index in [-0.39, 0.29) is 55.7 Å². The fourth-order valence-corrected chi connectivity index (χ4v) is 8.62. The molecular formula is C60H40Cl2N8O6. The Bertz CT molecular complexity index is 3690. The number of fused-ring (bicyclic) bond motifs is 2. The van der Waals surface area contributed by atoms with E-state index in [1.807, 2.05) is 36.4 Å².